The summed E-state index contributed by atoms with van der Waals surface area (Å²) in [6, 6.07) is 27.7. The van der Waals surface area contributed by atoms with E-state index < -0.39 is 23.4 Å². The van der Waals surface area contributed by atoms with Gasteiger partial charge in [-0.2, -0.15) is 0 Å². The van der Waals surface area contributed by atoms with E-state index in [0.717, 1.165) is 10.0 Å². The van der Waals surface area contributed by atoms with Crippen LogP contribution in [0.3, 0.4) is 0 Å². The topological polar surface area (TPSA) is 141 Å². The van der Waals surface area contributed by atoms with Crippen molar-refractivity contribution in [2.24, 2.45) is 10.1 Å². The Hall–Kier alpha value is -4.74. The molecule has 0 bridgehead atoms. The summed E-state index contributed by atoms with van der Waals surface area (Å²) in [5, 5.41) is 12.9. The van der Waals surface area contributed by atoms with Gasteiger partial charge in [0, 0.05) is 57.8 Å². The van der Waals surface area contributed by atoms with E-state index in [2.05, 4.69) is 36.8 Å². The number of halogens is 2. The molecule has 1 amide bonds. The van der Waals surface area contributed by atoms with E-state index in [-0.39, 0.29) is 25.5 Å². The minimum absolute atomic E-state index is 0.0269. The van der Waals surface area contributed by atoms with Gasteiger partial charge in [-0.05, 0) is 53.6 Å². The lowest BCUT2D eigenvalue weighted by Crippen LogP contribution is -2.53. The molecule has 3 N–H and O–H groups in total. The molecule has 2 atom stereocenters. The molecule has 0 spiro atoms. The molecule has 4 aromatic rings. The highest BCUT2D eigenvalue weighted by Crippen LogP contribution is 2.45. The van der Waals surface area contributed by atoms with Gasteiger partial charge in [0.1, 0.15) is 11.6 Å². The third-order valence-corrected chi connectivity index (χ3v) is 7.76. The average Bonchev–Trinajstić information content (AvgIpc) is 3.44. The van der Waals surface area contributed by atoms with E-state index in [9.17, 15) is 14.7 Å². The first-order valence-corrected chi connectivity index (χ1v) is 15.0. The maximum Gasteiger partial charge on any atom is 0.266 e. The van der Waals surface area contributed by atoms with Crippen LogP contribution in [0.2, 0.25) is 0 Å². The van der Waals surface area contributed by atoms with Crippen LogP contribution in [0.25, 0.3) is 10.4 Å². The van der Waals surface area contributed by atoms with Crippen LogP contribution in [-0.4, -0.2) is 35.7 Å². The second-order valence-corrected chi connectivity index (χ2v) is 11.2. The predicted molar refractivity (Wildman–Crippen MR) is 171 cm³/mol. The number of hydrogen-bond donors (Lipinski definition) is 3. The zero-order chi connectivity index (χ0) is 31.6. The molecule has 1 aliphatic rings. The number of aliphatic imine (C=N–C) groups is 1. The third-order valence-electron chi connectivity index (χ3n) is 7.23. The minimum atomic E-state index is -1.58. The maximum atomic E-state index is 14.3. The van der Waals surface area contributed by atoms with Crippen molar-refractivity contribution in [2.75, 3.05) is 13.2 Å². The zero-order valence-corrected chi connectivity index (χ0v) is 25.7. The first-order chi connectivity index (χ1) is 21.9. The molecule has 4 aromatic carbocycles. The van der Waals surface area contributed by atoms with Crippen molar-refractivity contribution in [3.05, 3.63) is 140 Å². The first-order valence-electron chi connectivity index (χ1n) is 14.2. The SMILES string of the molecule is [N-]=[N+]=Nc1ccccc1[C@@H]1OC(c2ccc(OCCCO)cc2)=N[C@]1(Cc1ccc(Br)cc1)C(=O)NNCc1ccccc1F. The van der Waals surface area contributed by atoms with Crippen molar-refractivity contribution in [3.8, 4) is 5.75 Å². The van der Waals surface area contributed by atoms with Gasteiger partial charge >= 0.3 is 0 Å². The Bertz CT molecular complexity index is 1710. The van der Waals surface area contributed by atoms with Crippen LogP contribution in [0.1, 0.15) is 34.8 Å². The van der Waals surface area contributed by atoms with Crippen LogP contribution in [0.4, 0.5) is 10.1 Å². The number of hydrazine groups is 1. The third kappa shape index (κ3) is 7.50. The first kappa shape index (κ1) is 31.7. The van der Waals surface area contributed by atoms with Crippen molar-refractivity contribution in [2.45, 2.75) is 31.0 Å². The Balaban J connectivity index is 1.56. The number of aliphatic hydroxyl groups is 1. The molecule has 0 saturated heterocycles. The number of aliphatic hydroxyl groups excluding tert-OH is 1. The van der Waals surface area contributed by atoms with E-state index >= 15 is 0 Å². The van der Waals surface area contributed by atoms with Crippen LogP contribution in [0.15, 0.2) is 112 Å². The normalized spacial score (nSPS) is 17.1. The van der Waals surface area contributed by atoms with Crippen molar-refractivity contribution in [3.63, 3.8) is 0 Å². The molecule has 1 heterocycles. The van der Waals surface area contributed by atoms with E-state index in [4.69, 9.17) is 19.6 Å². The lowest BCUT2D eigenvalue weighted by Gasteiger charge is -2.31. The zero-order valence-electron chi connectivity index (χ0n) is 24.1. The van der Waals surface area contributed by atoms with Gasteiger partial charge in [0.25, 0.3) is 5.91 Å². The van der Waals surface area contributed by atoms with Gasteiger partial charge in [0.05, 0.1) is 6.61 Å². The molecule has 45 heavy (non-hydrogen) atoms. The average molecular weight is 674 g/mol. The molecule has 230 valence electrons. The standard InChI is InChI=1S/C33H30BrFN6O4/c34-25-14-10-22(11-15-25)20-33(32(43)40-37-21-24-6-1-3-8-28(24)35)30(27-7-2-4-9-29(27)39-41-36)45-31(38-33)23-12-16-26(17-13-23)44-19-5-18-42/h1-4,6-17,30,37,42H,5,18-21H2,(H,40,43)/t30-,33-/m0/s1. The molecule has 0 saturated carbocycles. The molecule has 0 aromatic heterocycles. The summed E-state index contributed by atoms with van der Waals surface area (Å²) in [6.07, 6.45) is -0.384. The summed E-state index contributed by atoms with van der Waals surface area (Å²) >= 11 is 3.46. The van der Waals surface area contributed by atoms with Crippen LogP contribution in [0, 0.1) is 5.82 Å². The number of carbonyl (C=O) groups excluding carboxylic acids is 1. The van der Waals surface area contributed by atoms with Crippen LogP contribution in [-0.2, 0) is 22.5 Å². The number of ether oxygens (including phenoxy) is 2. The van der Waals surface area contributed by atoms with Crippen molar-refractivity contribution < 1.29 is 23.8 Å². The summed E-state index contributed by atoms with van der Waals surface area (Å²) in [6.45, 7) is 0.420. The highest BCUT2D eigenvalue weighted by atomic mass is 79.9. The highest BCUT2D eigenvalue weighted by molar-refractivity contribution is 9.10. The summed E-state index contributed by atoms with van der Waals surface area (Å²) < 4.78 is 27.4. The number of nitrogens with one attached hydrogen (secondary N) is 2. The molecular formula is C33H30BrFN6O4. The van der Waals surface area contributed by atoms with Gasteiger partial charge in [0.2, 0.25) is 5.90 Å². The molecular weight excluding hydrogens is 643 g/mol. The Kier molecular flexibility index (Phi) is 10.4. The number of rotatable bonds is 13. The Morgan fingerprint density at radius 1 is 1.07 bits per heavy atom. The second kappa shape index (κ2) is 14.8. The van der Waals surface area contributed by atoms with Gasteiger partial charge in [-0.3, -0.25) is 10.2 Å². The number of benzene rings is 4. The fraction of sp³-hybridized carbons (Fsp3) is 0.212. The van der Waals surface area contributed by atoms with E-state index in [1.807, 2.05) is 24.3 Å². The van der Waals surface area contributed by atoms with Crippen LogP contribution in [0.5, 0.6) is 5.75 Å². The molecule has 0 aliphatic carbocycles. The summed E-state index contributed by atoms with van der Waals surface area (Å²) in [5.41, 5.74) is 15.8. The molecule has 10 nitrogen and oxygen atoms in total. The predicted octanol–water partition coefficient (Wildman–Crippen LogP) is 6.61. The van der Waals surface area contributed by atoms with Crippen LogP contribution < -0.4 is 15.6 Å². The van der Waals surface area contributed by atoms with Gasteiger partial charge in [-0.25, -0.2) is 14.8 Å². The van der Waals surface area contributed by atoms with E-state index in [1.165, 1.54) is 6.07 Å². The summed E-state index contributed by atoms with van der Waals surface area (Å²) in [5.74, 6) is -0.119. The molecule has 1 aliphatic heterocycles. The quantitative estimate of drug-likeness (QED) is 0.0482. The van der Waals surface area contributed by atoms with Gasteiger partial charge in [-0.1, -0.05) is 75.6 Å². The number of azide groups is 1. The number of amides is 1. The van der Waals surface area contributed by atoms with Gasteiger partial charge < -0.3 is 14.6 Å². The lowest BCUT2D eigenvalue weighted by atomic mass is 9.81. The fourth-order valence-corrected chi connectivity index (χ4v) is 5.26. The van der Waals surface area contributed by atoms with E-state index in [1.54, 1.807) is 66.7 Å². The lowest BCUT2D eigenvalue weighted by molar-refractivity contribution is -0.130. The van der Waals surface area contributed by atoms with Crippen molar-refractivity contribution in [1.82, 2.24) is 10.9 Å². The fourth-order valence-electron chi connectivity index (χ4n) is 4.99. The van der Waals surface area contributed by atoms with Crippen molar-refractivity contribution in [1.29, 1.82) is 0 Å². The molecule has 0 radical (unpaired) electrons. The largest absolute Gasteiger partial charge is 0.494 e. The molecule has 0 unspecified atom stereocenters. The monoisotopic (exact) mass is 672 g/mol. The van der Waals surface area contributed by atoms with E-state index in [0.29, 0.717) is 41.2 Å². The smallest absolute Gasteiger partial charge is 0.266 e. The van der Waals surface area contributed by atoms with Crippen molar-refractivity contribution >= 4 is 33.4 Å². The number of carbonyl (C=O) groups is 1. The molecule has 0 fully saturated rings. The Morgan fingerprint density at radius 3 is 2.53 bits per heavy atom. The minimum Gasteiger partial charge on any atom is -0.494 e. The van der Waals surface area contributed by atoms with Crippen LogP contribution >= 0.6 is 15.9 Å². The molecule has 5 rings (SSSR count). The molecule has 12 heteroatoms. The number of nitrogens with zero attached hydrogens (tertiary/aromatic N) is 4. The second-order valence-electron chi connectivity index (χ2n) is 10.2. The number of hydrogen-bond acceptors (Lipinski definition) is 7. The summed E-state index contributed by atoms with van der Waals surface area (Å²) in [7, 11) is 0. The highest BCUT2D eigenvalue weighted by Gasteiger charge is 2.54. The van der Waals surface area contributed by atoms with Gasteiger partial charge in [-0.15, -0.1) is 0 Å². The Morgan fingerprint density at radius 2 is 1.80 bits per heavy atom. The summed E-state index contributed by atoms with van der Waals surface area (Å²) in [4.78, 5) is 22.3. The maximum absolute atomic E-state index is 14.3. The Labute approximate surface area is 267 Å². The van der Waals surface area contributed by atoms with Gasteiger partial charge in [0.15, 0.2) is 11.6 Å².